The van der Waals surface area contributed by atoms with Crippen molar-refractivity contribution >= 4 is 22.8 Å². The summed E-state index contributed by atoms with van der Waals surface area (Å²) in [5.74, 6) is 0.712. The van der Waals surface area contributed by atoms with E-state index < -0.39 is 0 Å². The Bertz CT molecular complexity index is 663. The van der Waals surface area contributed by atoms with Gasteiger partial charge in [0, 0.05) is 18.5 Å². The first-order valence-corrected chi connectivity index (χ1v) is 7.77. The number of aromatic nitrogens is 2. The van der Waals surface area contributed by atoms with E-state index in [1.54, 1.807) is 0 Å². The van der Waals surface area contributed by atoms with Gasteiger partial charge in [0.1, 0.15) is 0 Å². The van der Waals surface area contributed by atoms with Gasteiger partial charge in [0.2, 0.25) is 5.95 Å². The molecule has 0 spiro atoms. The van der Waals surface area contributed by atoms with Gasteiger partial charge in [-0.15, -0.1) is 0 Å². The Labute approximate surface area is 130 Å². The van der Waals surface area contributed by atoms with Crippen molar-refractivity contribution in [3.8, 4) is 0 Å². The summed E-state index contributed by atoms with van der Waals surface area (Å²) in [5.41, 5.74) is 1.81. The van der Waals surface area contributed by atoms with Crippen molar-refractivity contribution < 1.29 is 0 Å². The van der Waals surface area contributed by atoms with E-state index in [0.29, 0.717) is 5.95 Å². The third-order valence-corrected chi connectivity index (χ3v) is 3.96. The number of hydrogen-bond acceptors (Lipinski definition) is 4. The van der Waals surface area contributed by atoms with Crippen LogP contribution in [0.1, 0.15) is 18.5 Å². The van der Waals surface area contributed by atoms with Crippen LogP contribution < -0.4 is 10.6 Å². The second kappa shape index (κ2) is 6.70. The number of nitrogens with one attached hydrogen (secondary N) is 3. The number of rotatable bonds is 4. The van der Waals surface area contributed by atoms with Gasteiger partial charge in [-0.25, -0.2) is 9.97 Å². The summed E-state index contributed by atoms with van der Waals surface area (Å²) in [6.45, 7) is 6.05. The zero-order valence-electron chi connectivity index (χ0n) is 12.9. The highest BCUT2D eigenvalue weighted by atomic mass is 15.2. The van der Waals surface area contributed by atoms with Crippen LogP contribution in [-0.2, 0) is 0 Å². The SMILES string of the molecule is Cc1nc(NC(=N)NCCN2CCCC2)nc2ccccc12. The maximum atomic E-state index is 7.96. The molecule has 3 N–H and O–H groups in total. The Morgan fingerprint density at radius 3 is 2.82 bits per heavy atom. The summed E-state index contributed by atoms with van der Waals surface area (Å²) >= 11 is 0. The Morgan fingerprint density at radius 2 is 2.00 bits per heavy atom. The number of anilines is 1. The minimum atomic E-state index is 0.244. The Morgan fingerprint density at radius 1 is 1.23 bits per heavy atom. The molecule has 1 aliphatic rings. The number of benzene rings is 1. The molecule has 0 aliphatic carbocycles. The summed E-state index contributed by atoms with van der Waals surface area (Å²) in [5, 5.41) is 15.0. The molecule has 6 nitrogen and oxygen atoms in total. The van der Waals surface area contributed by atoms with Crippen LogP contribution in [0.2, 0.25) is 0 Å². The van der Waals surface area contributed by atoms with E-state index in [1.165, 1.54) is 25.9 Å². The van der Waals surface area contributed by atoms with E-state index in [-0.39, 0.29) is 5.96 Å². The first-order valence-electron chi connectivity index (χ1n) is 7.77. The molecule has 22 heavy (non-hydrogen) atoms. The topological polar surface area (TPSA) is 76.9 Å². The first-order chi connectivity index (χ1) is 10.7. The molecule has 116 valence electrons. The van der Waals surface area contributed by atoms with Gasteiger partial charge in [0.15, 0.2) is 5.96 Å². The summed E-state index contributed by atoms with van der Waals surface area (Å²) in [6.07, 6.45) is 2.58. The molecule has 1 fully saturated rings. The maximum absolute atomic E-state index is 7.96. The van der Waals surface area contributed by atoms with Crippen LogP contribution in [0.4, 0.5) is 5.95 Å². The molecular formula is C16H22N6. The highest BCUT2D eigenvalue weighted by Crippen LogP contribution is 2.16. The molecule has 1 aliphatic heterocycles. The van der Waals surface area contributed by atoms with Gasteiger partial charge < -0.3 is 10.2 Å². The lowest BCUT2D eigenvalue weighted by atomic mass is 10.2. The van der Waals surface area contributed by atoms with Crippen molar-refractivity contribution in [1.29, 1.82) is 5.41 Å². The molecule has 1 saturated heterocycles. The van der Waals surface area contributed by atoms with Gasteiger partial charge in [0.05, 0.1) is 11.2 Å². The predicted molar refractivity (Wildman–Crippen MR) is 89.3 cm³/mol. The third-order valence-electron chi connectivity index (χ3n) is 3.96. The highest BCUT2D eigenvalue weighted by Gasteiger charge is 2.11. The van der Waals surface area contributed by atoms with Gasteiger partial charge in [-0.05, 0) is 38.9 Å². The van der Waals surface area contributed by atoms with Crippen LogP contribution >= 0.6 is 0 Å². The van der Waals surface area contributed by atoms with Gasteiger partial charge in [-0.2, -0.15) is 0 Å². The number of fused-ring (bicyclic) bond motifs is 1. The number of guanidine groups is 1. The second-order valence-electron chi connectivity index (χ2n) is 5.63. The minimum absolute atomic E-state index is 0.244. The van der Waals surface area contributed by atoms with Gasteiger partial charge in [-0.1, -0.05) is 18.2 Å². The van der Waals surface area contributed by atoms with E-state index in [1.807, 2.05) is 31.2 Å². The first kappa shape index (κ1) is 14.7. The standard InChI is InChI=1S/C16H22N6/c1-12-13-6-2-3-7-14(13)20-16(19-12)21-15(17)18-8-11-22-9-4-5-10-22/h2-3,6-7H,4-5,8-11H2,1H3,(H3,17,18,19,20,21). The molecule has 0 bridgehead atoms. The Balaban J connectivity index is 1.56. The summed E-state index contributed by atoms with van der Waals surface area (Å²) in [6, 6.07) is 7.90. The largest absolute Gasteiger partial charge is 0.355 e. The zero-order chi connectivity index (χ0) is 15.4. The molecule has 0 saturated carbocycles. The van der Waals surface area contributed by atoms with Crippen LogP contribution in [0, 0.1) is 12.3 Å². The number of hydrogen-bond donors (Lipinski definition) is 3. The normalized spacial score (nSPS) is 15.1. The van der Waals surface area contributed by atoms with Crippen molar-refractivity contribution in [3.63, 3.8) is 0 Å². The van der Waals surface area contributed by atoms with Crippen molar-refractivity contribution in [1.82, 2.24) is 20.2 Å². The molecule has 1 aromatic heterocycles. The second-order valence-corrected chi connectivity index (χ2v) is 5.63. The fourth-order valence-electron chi connectivity index (χ4n) is 2.79. The van der Waals surface area contributed by atoms with Crippen LogP contribution in [0.3, 0.4) is 0 Å². The minimum Gasteiger partial charge on any atom is -0.355 e. The summed E-state index contributed by atoms with van der Waals surface area (Å²) < 4.78 is 0. The van der Waals surface area contributed by atoms with Gasteiger partial charge in [0.25, 0.3) is 0 Å². The molecule has 0 amide bonds. The molecule has 0 atom stereocenters. The lowest BCUT2D eigenvalue weighted by molar-refractivity contribution is 0.343. The lowest BCUT2D eigenvalue weighted by Gasteiger charge is -2.16. The van der Waals surface area contributed by atoms with Crippen LogP contribution in [0.15, 0.2) is 24.3 Å². The maximum Gasteiger partial charge on any atom is 0.230 e. The Kier molecular flexibility index (Phi) is 4.48. The quantitative estimate of drug-likeness (QED) is 0.594. The molecule has 2 aromatic rings. The zero-order valence-corrected chi connectivity index (χ0v) is 12.9. The predicted octanol–water partition coefficient (Wildman–Crippen LogP) is 1.97. The Hall–Kier alpha value is -2.21. The van der Waals surface area contributed by atoms with E-state index in [0.717, 1.165) is 29.7 Å². The summed E-state index contributed by atoms with van der Waals surface area (Å²) in [4.78, 5) is 11.3. The lowest BCUT2D eigenvalue weighted by Crippen LogP contribution is -2.36. The number of aryl methyl sites for hydroxylation is 1. The number of likely N-dealkylation sites (tertiary alicyclic amines) is 1. The average molecular weight is 298 g/mol. The average Bonchev–Trinajstić information content (AvgIpc) is 3.00. The number of nitrogens with zero attached hydrogens (tertiary/aromatic N) is 3. The smallest absolute Gasteiger partial charge is 0.230 e. The van der Waals surface area contributed by atoms with Crippen LogP contribution in [0.5, 0.6) is 0 Å². The van der Waals surface area contributed by atoms with Gasteiger partial charge >= 0.3 is 0 Å². The van der Waals surface area contributed by atoms with Crippen LogP contribution in [-0.4, -0.2) is 47.0 Å². The monoisotopic (exact) mass is 298 g/mol. The fraction of sp³-hybridized carbons (Fsp3) is 0.438. The third kappa shape index (κ3) is 3.51. The fourth-order valence-corrected chi connectivity index (χ4v) is 2.79. The summed E-state index contributed by atoms with van der Waals surface area (Å²) in [7, 11) is 0. The molecule has 2 heterocycles. The molecule has 0 unspecified atom stereocenters. The highest BCUT2D eigenvalue weighted by molar-refractivity contribution is 5.91. The van der Waals surface area contributed by atoms with Gasteiger partial charge in [-0.3, -0.25) is 10.7 Å². The molecule has 0 radical (unpaired) electrons. The molecular weight excluding hydrogens is 276 g/mol. The van der Waals surface area contributed by atoms with E-state index in [2.05, 4.69) is 25.5 Å². The number of para-hydroxylation sites is 1. The van der Waals surface area contributed by atoms with E-state index >= 15 is 0 Å². The van der Waals surface area contributed by atoms with E-state index in [9.17, 15) is 0 Å². The van der Waals surface area contributed by atoms with Crippen molar-refractivity contribution in [2.45, 2.75) is 19.8 Å². The molecule has 3 rings (SSSR count). The van der Waals surface area contributed by atoms with Crippen molar-refractivity contribution in [2.24, 2.45) is 0 Å². The molecule has 6 heteroatoms. The van der Waals surface area contributed by atoms with E-state index in [4.69, 9.17) is 5.41 Å². The van der Waals surface area contributed by atoms with Crippen molar-refractivity contribution in [2.75, 3.05) is 31.5 Å². The van der Waals surface area contributed by atoms with Crippen molar-refractivity contribution in [3.05, 3.63) is 30.0 Å². The van der Waals surface area contributed by atoms with Crippen LogP contribution in [0.25, 0.3) is 10.9 Å². The molecule has 1 aromatic carbocycles.